The molecule has 1 aliphatic heterocycles. The SMILES string of the molecule is COc1ccc(C(=O)N(CC(=O)N2CCC(Oc3ccncc3)CC2)c2ccccc2Cl)cc1.Cl. The molecule has 0 radical (unpaired) electrons. The summed E-state index contributed by atoms with van der Waals surface area (Å²) < 4.78 is 11.2. The number of methoxy groups -OCH3 is 1. The van der Waals surface area contributed by atoms with Crippen LogP contribution in [0.15, 0.2) is 73.1 Å². The average Bonchev–Trinajstić information content (AvgIpc) is 2.88. The molecule has 0 saturated carbocycles. The highest BCUT2D eigenvalue weighted by Crippen LogP contribution is 2.28. The molecule has 0 unspecified atom stereocenters. The molecule has 1 aromatic heterocycles. The second kappa shape index (κ2) is 12.4. The average molecular weight is 516 g/mol. The van der Waals surface area contributed by atoms with Crippen LogP contribution in [0.5, 0.6) is 11.5 Å². The highest BCUT2D eigenvalue weighted by atomic mass is 35.5. The van der Waals surface area contributed by atoms with E-state index in [1.54, 1.807) is 72.9 Å². The summed E-state index contributed by atoms with van der Waals surface area (Å²) in [7, 11) is 1.57. The van der Waals surface area contributed by atoms with Gasteiger partial charge >= 0.3 is 0 Å². The predicted octanol–water partition coefficient (Wildman–Crippen LogP) is 4.88. The molecule has 0 bridgehead atoms. The summed E-state index contributed by atoms with van der Waals surface area (Å²) in [6, 6.07) is 17.5. The molecular weight excluding hydrogens is 489 g/mol. The minimum atomic E-state index is -0.306. The lowest BCUT2D eigenvalue weighted by Gasteiger charge is -2.34. The maximum Gasteiger partial charge on any atom is 0.258 e. The number of nitrogens with zero attached hydrogens (tertiary/aromatic N) is 3. The Labute approximate surface area is 216 Å². The third-order valence-corrected chi connectivity index (χ3v) is 6.09. The molecule has 4 rings (SSSR count). The molecular formula is C26H27Cl2N3O4. The van der Waals surface area contributed by atoms with Crippen molar-refractivity contribution in [2.45, 2.75) is 18.9 Å². The zero-order valence-electron chi connectivity index (χ0n) is 19.3. The first-order valence-electron chi connectivity index (χ1n) is 11.1. The second-order valence-electron chi connectivity index (χ2n) is 7.95. The molecule has 7 nitrogen and oxygen atoms in total. The fourth-order valence-corrected chi connectivity index (χ4v) is 4.13. The Hall–Kier alpha value is -3.29. The van der Waals surface area contributed by atoms with Crippen LogP contribution in [-0.4, -0.2) is 54.5 Å². The third-order valence-electron chi connectivity index (χ3n) is 5.77. The molecule has 1 aliphatic rings. The molecule has 1 fully saturated rings. The van der Waals surface area contributed by atoms with E-state index in [2.05, 4.69) is 4.98 Å². The van der Waals surface area contributed by atoms with Crippen LogP contribution < -0.4 is 14.4 Å². The van der Waals surface area contributed by atoms with E-state index in [9.17, 15) is 9.59 Å². The van der Waals surface area contributed by atoms with Crippen LogP contribution in [-0.2, 0) is 4.79 Å². The Bertz CT molecular complexity index is 1120. The first-order chi connectivity index (χ1) is 16.5. The van der Waals surface area contributed by atoms with Crippen molar-refractivity contribution in [3.63, 3.8) is 0 Å². The lowest BCUT2D eigenvalue weighted by Crippen LogP contribution is -2.47. The highest BCUT2D eigenvalue weighted by Gasteiger charge is 2.28. The quantitative estimate of drug-likeness (QED) is 0.448. The maximum atomic E-state index is 13.4. The third kappa shape index (κ3) is 6.65. The van der Waals surface area contributed by atoms with Crippen LogP contribution in [0.3, 0.4) is 0 Å². The molecule has 2 amide bonds. The van der Waals surface area contributed by atoms with Gasteiger partial charge in [-0.15, -0.1) is 12.4 Å². The predicted molar refractivity (Wildman–Crippen MR) is 138 cm³/mol. The van der Waals surface area contributed by atoms with Crippen molar-refractivity contribution in [3.05, 3.63) is 83.6 Å². The van der Waals surface area contributed by atoms with E-state index < -0.39 is 0 Å². The van der Waals surface area contributed by atoms with E-state index in [0.717, 1.165) is 5.75 Å². The Morgan fingerprint density at radius 2 is 1.66 bits per heavy atom. The molecule has 3 aromatic rings. The number of carbonyl (C=O) groups is 2. The van der Waals surface area contributed by atoms with Gasteiger partial charge in [0, 0.05) is 43.9 Å². The first-order valence-corrected chi connectivity index (χ1v) is 11.5. The van der Waals surface area contributed by atoms with Gasteiger partial charge in [-0.3, -0.25) is 19.5 Å². The van der Waals surface area contributed by atoms with Gasteiger partial charge in [-0.2, -0.15) is 0 Å². The number of para-hydroxylation sites is 1. The number of amides is 2. The summed E-state index contributed by atoms with van der Waals surface area (Å²) in [5.41, 5.74) is 0.937. The monoisotopic (exact) mass is 515 g/mol. The summed E-state index contributed by atoms with van der Waals surface area (Å²) in [5.74, 6) is 0.979. The lowest BCUT2D eigenvalue weighted by atomic mass is 10.1. The fourth-order valence-electron chi connectivity index (χ4n) is 3.89. The number of aromatic nitrogens is 1. The van der Waals surface area contributed by atoms with E-state index in [1.807, 2.05) is 12.1 Å². The summed E-state index contributed by atoms with van der Waals surface area (Å²) >= 11 is 6.40. The van der Waals surface area contributed by atoms with Gasteiger partial charge in [0.05, 0.1) is 17.8 Å². The van der Waals surface area contributed by atoms with Gasteiger partial charge in [0.15, 0.2) is 0 Å². The largest absolute Gasteiger partial charge is 0.497 e. The molecule has 0 spiro atoms. The first kappa shape index (κ1) is 26.3. The number of benzene rings is 2. The molecule has 0 N–H and O–H groups in total. The Balaban J connectivity index is 0.00000342. The highest BCUT2D eigenvalue weighted by molar-refractivity contribution is 6.34. The number of carbonyl (C=O) groups excluding carboxylic acids is 2. The number of hydrogen-bond acceptors (Lipinski definition) is 5. The van der Waals surface area contributed by atoms with Crippen LogP contribution in [0, 0.1) is 0 Å². The maximum absolute atomic E-state index is 13.4. The molecule has 1 saturated heterocycles. The fraction of sp³-hybridized carbons (Fsp3) is 0.269. The van der Waals surface area contributed by atoms with E-state index >= 15 is 0 Å². The van der Waals surface area contributed by atoms with E-state index in [-0.39, 0.29) is 36.9 Å². The van der Waals surface area contributed by atoms with Crippen LogP contribution in [0.1, 0.15) is 23.2 Å². The molecule has 184 valence electrons. The van der Waals surface area contributed by atoms with Gasteiger partial charge in [0.1, 0.15) is 24.1 Å². The van der Waals surface area contributed by atoms with Gasteiger partial charge < -0.3 is 14.4 Å². The molecule has 35 heavy (non-hydrogen) atoms. The van der Waals surface area contributed by atoms with Crippen molar-refractivity contribution in [1.29, 1.82) is 0 Å². The smallest absolute Gasteiger partial charge is 0.258 e. The standard InChI is InChI=1S/C26H26ClN3O4.ClH/c1-33-20-8-6-19(7-9-20)26(32)30(24-5-3-2-4-23(24)27)18-25(31)29-16-12-22(13-17-29)34-21-10-14-28-15-11-21;/h2-11,14-15,22H,12-13,16-18H2,1H3;1H. The lowest BCUT2D eigenvalue weighted by molar-refractivity contribution is -0.131. The van der Waals surface area contributed by atoms with Gasteiger partial charge in [-0.25, -0.2) is 0 Å². The number of anilines is 1. The Kier molecular flexibility index (Phi) is 9.34. The second-order valence-corrected chi connectivity index (χ2v) is 8.36. The molecule has 0 aliphatic carbocycles. The number of ether oxygens (including phenoxy) is 2. The van der Waals surface area contributed by atoms with Crippen molar-refractivity contribution in [3.8, 4) is 11.5 Å². The van der Waals surface area contributed by atoms with Gasteiger partial charge in [-0.1, -0.05) is 23.7 Å². The van der Waals surface area contributed by atoms with Crippen LogP contribution in [0.2, 0.25) is 5.02 Å². The minimum absolute atomic E-state index is 0. The van der Waals surface area contributed by atoms with Gasteiger partial charge in [0.2, 0.25) is 5.91 Å². The molecule has 2 aromatic carbocycles. The topological polar surface area (TPSA) is 72.0 Å². The van der Waals surface area contributed by atoms with Crippen molar-refractivity contribution in [1.82, 2.24) is 9.88 Å². The molecule has 0 atom stereocenters. The normalized spacial score (nSPS) is 13.5. The van der Waals surface area contributed by atoms with E-state index in [0.29, 0.717) is 48.0 Å². The van der Waals surface area contributed by atoms with Crippen molar-refractivity contribution >= 4 is 41.5 Å². The summed E-state index contributed by atoms with van der Waals surface area (Å²) in [5, 5.41) is 0.404. The Morgan fingerprint density at radius 1 is 1.00 bits per heavy atom. The Morgan fingerprint density at radius 3 is 2.29 bits per heavy atom. The minimum Gasteiger partial charge on any atom is -0.497 e. The van der Waals surface area contributed by atoms with Gasteiger partial charge in [0.25, 0.3) is 5.91 Å². The van der Waals surface area contributed by atoms with Crippen molar-refractivity contribution in [2.24, 2.45) is 0 Å². The van der Waals surface area contributed by atoms with Crippen LogP contribution in [0.4, 0.5) is 5.69 Å². The zero-order valence-corrected chi connectivity index (χ0v) is 20.9. The number of pyridine rings is 1. The number of rotatable bonds is 7. The number of likely N-dealkylation sites (tertiary alicyclic amines) is 1. The molecule has 9 heteroatoms. The summed E-state index contributed by atoms with van der Waals surface area (Å²) in [6.45, 7) is 1.01. The number of piperidine rings is 1. The van der Waals surface area contributed by atoms with Gasteiger partial charge in [-0.05, 0) is 48.5 Å². The van der Waals surface area contributed by atoms with Crippen molar-refractivity contribution < 1.29 is 19.1 Å². The van der Waals surface area contributed by atoms with E-state index in [1.165, 1.54) is 4.90 Å². The zero-order chi connectivity index (χ0) is 23.9. The summed E-state index contributed by atoms with van der Waals surface area (Å²) in [4.78, 5) is 33.8. The van der Waals surface area contributed by atoms with Crippen LogP contribution >= 0.6 is 24.0 Å². The molecule has 2 heterocycles. The number of halogens is 2. The summed E-state index contributed by atoms with van der Waals surface area (Å²) in [6.07, 6.45) is 4.85. The van der Waals surface area contributed by atoms with E-state index in [4.69, 9.17) is 21.1 Å². The van der Waals surface area contributed by atoms with Crippen LogP contribution in [0.25, 0.3) is 0 Å². The van der Waals surface area contributed by atoms with Crippen molar-refractivity contribution in [2.75, 3.05) is 31.6 Å². The number of hydrogen-bond donors (Lipinski definition) is 0.